The summed E-state index contributed by atoms with van der Waals surface area (Å²) < 4.78 is 40.5. The number of aliphatic hydroxyl groups is 1. The van der Waals surface area contributed by atoms with Gasteiger partial charge in [0.2, 0.25) is 5.91 Å². The van der Waals surface area contributed by atoms with Gasteiger partial charge in [-0.25, -0.2) is 9.97 Å². The second-order valence-electron chi connectivity index (χ2n) is 7.42. The van der Waals surface area contributed by atoms with E-state index in [1.807, 2.05) is 0 Å². The van der Waals surface area contributed by atoms with Crippen LogP contribution in [-0.2, 0) is 10.3 Å². The molecule has 152 valence electrons. The first-order valence-electron chi connectivity index (χ1n) is 8.98. The van der Waals surface area contributed by atoms with Crippen LogP contribution in [0.15, 0.2) is 24.7 Å². The predicted molar refractivity (Wildman–Crippen MR) is 95.0 cm³/mol. The van der Waals surface area contributed by atoms with Crippen molar-refractivity contribution < 1.29 is 23.1 Å². The van der Waals surface area contributed by atoms with Crippen molar-refractivity contribution in [2.75, 3.05) is 13.1 Å². The molecule has 3 rings (SSSR count). The number of aromatic nitrogens is 3. The molecule has 0 aromatic carbocycles. The summed E-state index contributed by atoms with van der Waals surface area (Å²) >= 11 is 0. The molecule has 3 heterocycles. The van der Waals surface area contributed by atoms with E-state index in [1.54, 1.807) is 19.9 Å². The van der Waals surface area contributed by atoms with Crippen LogP contribution in [0.3, 0.4) is 0 Å². The van der Waals surface area contributed by atoms with E-state index >= 15 is 0 Å². The predicted octanol–water partition coefficient (Wildman–Crippen LogP) is 1.52. The van der Waals surface area contributed by atoms with Crippen LogP contribution in [0.1, 0.15) is 25.8 Å². The van der Waals surface area contributed by atoms with E-state index in [1.165, 1.54) is 18.6 Å². The van der Waals surface area contributed by atoms with Crippen molar-refractivity contribution in [1.29, 1.82) is 0 Å². The fourth-order valence-electron chi connectivity index (χ4n) is 3.50. The molecule has 0 aliphatic carbocycles. The number of pyridine rings is 1. The standard InChI is InChI=1S/C18H22F3N5O2/c1-10(2)14(27)16(28)26-17(7-11(8-22-9-17)18(19,20)21)12-3-4-24-15-13(12)23-5-6-25-15/h3-6,10-11,14,22,27H,7-9H2,1-2H3,(H,26,28)/t11-,14-,17-/m0/s1. The number of rotatable bonds is 4. The molecule has 10 heteroatoms. The SMILES string of the molecule is CC(C)[C@H](O)C(=O)N[C@]1(c2ccnc3nccnc23)CNC[C@@H](C(F)(F)F)C1. The van der Waals surface area contributed by atoms with Crippen molar-refractivity contribution in [1.82, 2.24) is 25.6 Å². The molecule has 2 aromatic heterocycles. The molecule has 2 aromatic rings. The topological polar surface area (TPSA) is 100 Å². The molecule has 1 aliphatic heterocycles. The Hall–Kier alpha value is -2.33. The number of alkyl halides is 3. The molecular weight excluding hydrogens is 375 g/mol. The fraction of sp³-hybridized carbons (Fsp3) is 0.556. The van der Waals surface area contributed by atoms with Crippen LogP contribution in [-0.4, -0.2) is 51.3 Å². The molecule has 0 radical (unpaired) electrons. The summed E-state index contributed by atoms with van der Waals surface area (Å²) in [6.45, 7) is 3.12. The van der Waals surface area contributed by atoms with E-state index in [0.717, 1.165) is 0 Å². The monoisotopic (exact) mass is 397 g/mol. The van der Waals surface area contributed by atoms with Gasteiger partial charge in [0, 0.05) is 37.2 Å². The van der Waals surface area contributed by atoms with Gasteiger partial charge in [-0.15, -0.1) is 0 Å². The lowest BCUT2D eigenvalue weighted by atomic mass is 9.77. The Morgan fingerprint density at radius 1 is 1.29 bits per heavy atom. The van der Waals surface area contributed by atoms with E-state index < -0.39 is 29.6 Å². The normalized spacial score (nSPS) is 24.3. The number of carbonyl (C=O) groups excluding carboxylic acids is 1. The second kappa shape index (κ2) is 7.59. The lowest BCUT2D eigenvalue weighted by Gasteiger charge is -2.43. The number of nitrogens with zero attached hydrogens (tertiary/aromatic N) is 3. The Morgan fingerprint density at radius 2 is 1.96 bits per heavy atom. The first kappa shape index (κ1) is 20.4. The highest BCUT2D eigenvalue weighted by molar-refractivity contribution is 5.83. The molecule has 0 spiro atoms. The van der Waals surface area contributed by atoms with Crippen molar-refractivity contribution in [2.24, 2.45) is 11.8 Å². The number of halogens is 3. The smallest absolute Gasteiger partial charge is 0.383 e. The fourth-order valence-corrected chi connectivity index (χ4v) is 3.50. The number of amides is 1. The molecule has 7 nitrogen and oxygen atoms in total. The molecule has 1 saturated heterocycles. The Morgan fingerprint density at radius 3 is 2.64 bits per heavy atom. The zero-order valence-corrected chi connectivity index (χ0v) is 15.5. The summed E-state index contributed by atoms with van der Waals surface area (Å²) in [6, 6.07) is 1.54. The van der Waals surface area contributed by atoms with Gasteiger partial charge in [0.1, 0.15) is 11.6 Å². The second-order valence-corrected chi connectivity index (χ2v) is 7.42. The Labute approximate surface area is 159 Å². The highest BCUT2D eigenvalue weighted by Crippen LogP contribution is 2.40. The highest BCUT2D eigenvalue weighted by Gasteiger charge is 2.50. The van der Waals surface area contributed by atoms with Crippen molar-refractivity contribution in [2.45, 2.75) is 38.1 Å². The van der Waals surface area contributed by atoms with Gasteiger partial charge in [-0.1, -0.05) is 13.8 Å². The van der Waals surface area contributed by atoms with Gasteiger partial charge in [-0.05, 0) is 18.4 Å². The van der Waals surface area contributed by atoms with Crippen molar-refractivity contribution in [3.05, 3.63) is 30.2 Å². The van der Waals surface area contributed by atoms with Crippen LogP contribution in [0.25, 0.3) is 11.2 Å². The van der Waals surface area contributed by atoms with E-state index in [-0.39, 0.29) is 31.1 Å². The van der Waals surface area contributed by atoms with Gasteiger partial charge in [0.15, 0.2) is 5.65 Å². The molecule has 0 bridgehead atoms. The number of hydrogen-bond donors (Lipinski definition) is 3. The Kier molecular flexibility index (Phi) is 5.53. The molecule has 28 heavy (non-hydrogen) atoms. The first-order valence-corrected chi connectivity index (χ1v) is 8.98. The Bertz CT molecular complexity index is 855. The molecule has 1 amide bonds. The summed E-state index contributed by atoms with van der Waals surface area (Å²) in [5, 5.41) is 15.6. The van der Waals surface area contributed by atoms with Gasteiger partial charge in [-0.2, -0.15) is 13.2 Å². The molecular formula is C18H22F3N5O2. The quantitative estimate of drug-likeness (QED) is 0.724. The maximum atomic E-state index is 13.5. The highest BCUT2D eigenvalue weighted by atomic mass is 19.4. The summed E-state index contributed by atoms with van der Waals surface area (Å²) in [4.78, 5) is 25.0. The minimum atomic E-state index is -4.44. The number of nitrogens with one attached hydrogen (secondary N) is 2. The molecule has 0 unspecified atom stereocenters. The lowest BCUT2D eigenvalue weighted by Crippen LogP contribution is -2.61. The van der Waals surface area contributed by atoms with Crippen LogP contribution in [0.2, 0.25) is 0 Å². The Balaban J connectivity index is 2.10. The van der Waals surface area contributed by atoms with Crippen molar-refractivity contribution in [3.63, 3.8) is 0 Å². The third-order valence-corrected chi connectivity index (χ3v) is 5.03. The van der Waals surface area contributed by atoms with Gasteiger partial charge in [0.25, 0.3) is 0 Å². The minimum absolute atomic E-state index is 0.0613. The van der Waals surface area contributed by atoms with Gasteiger partial charge < -0.3 is 15.7 Å². The zero-order valence-electron chi connectivity index (χ0n) is 15.5. The van der Waals surface area contributed by atoms with E-state index in [2.05, 4.69) is 25.6 Å². The third kappa shape index (κ3) is 3.93. The first-order chi connectivity index (χ1) is 13.1. The molecule has 3 atom stereocenters. The third-order valence-electron chi connectivity index (χ3n) is 5.03. The van der Waals surface area contributed by atoms with Gasteiger partial charge in [0.05, 0.1) is 11.5 Å². The number of aliphatic hydroxyl groups excluding tert-OH is 1. The summed E-state index contributed by atoms with van der Waals surface area (Å²) in [5.74, 6) is -2.79. The molecule has 0 saturated carbocycles. The molecule has 1 aliphatic rings. The minimum Gasteiger partial charge on any atom is -0.383 e. The number of carbonyl (C=O) groups is 1. The van der Waals surface area contributed by atoms with Crippen LogP contribution in [0.5, 0.6) is 0 Å². The van der Waals surface area contributed by atoms with Crippen molar-refractivity contribution in [3.8, 4) is 0 Å². The maximum Gasteiger partial charge on any atom is 0.393 e. The van der Waals surface area contributed by atoms with Gasteiger partial charge in [-0.3, -0.25) is 9.78 Å². The maximum absolute atomic E-state index is 13.5. The summed E-state index contributed by atoms with van der Waals surface area (Å²) in [6.07, 6.45) is -1.88. The number of hydrogen-bond acceptors (Lipinski definition) is 6. The zero-order chi connectivity index (χ0) is 20.5. The largest absolute Gasteiger partial charge is 0.393 e. The van der Waals surface area contributed by atoms with Crippen LogP contribution < -0.4 is 10.6 Å². The summed E-state index contributed by atoms with van der Waals surface area (Å²) in [5.41, 5.74) is -0.444. The van der Waals surface area contributed by atoms with Crippen molar-refractivity contribution >= 4 is 17.1 Å². The average molecular weight is 397 g/mol. The van der Waals surface area contributed by atoms with E-state index in [4.69, 9.17) is 0 Å². The molecule has 3 N–H and O–H groups in total. The van der Waals surface area contributed by atoms with Crippen LogP contribution in [0.4, 0.5) is 13.2 Å². The lowest BCUT2D eigenvalue weighted by molar-refractivity contribution is -0.185. The van der Waals surface area contributed by atoms with Crippen LogP contribution >= 0.6 is 0 Å². The number of piperidine rings is 1. The van der Waals surface area contributed by atoms with Gasteiger partial charge >= 0.3 is 6.18 Å². The van der Waals surface area contributed by atoms with E-state index in [9.17, 15) is 23.1 Å². The summed E-state index contributed by atoms with van der Waals surface area (Å²) in [7, 11) is 0. The van der Waals surface area contributed by atoms with Crippen LogP contribution in [0, 0.1) is 11.8 Å². The molecule has 1 fully saturated rings. The van der Waals surface area contributed by atoms with E-state index in [0.29, 0.717) is 11.1 Å². The average Bonchev–Trinajstić information content (AvgIpc) is 2.66. The number of fused-ring (bicyclic) bond motifs is 1.